The summed E-state index contributed by atoms with van der Waals surface area (Å²) in [5, 5.41) is 2.99. The molecule has 0 saturated carbocycles. The predicted molar refractivity (Wildman–Crippen MR) is 116 cm³/mol. The van der Waals surface area contributed by atoms with Crippen LogP contribution in [-0.2, 0) is 17.9 Å². The van der Waals surface area contributed by atoms with Crippen molar-refractivity contribution >= 4 is 5.91 Å². The number of rotatable bonds is 9. The molecule has 30 heavy (non-hydrogen) atoms. The van der Waals surface area contributed by atoms with Crippen LogP contribution in [0.15, 0.2) is 42.5 Å². The minimum Gasteiger partial charge on any atom is -0.493 e. The minimum atomic E-state index is 0.0141. The number of hydrogen-bond acceptors (Lipinski definition) is 6. The summed E-state index contributed by atoms with van der Waals surface area (Å²) in [5.74, 6) is 1.72. The number of carbonyl (C=O) groups excluding carboxylic acids is 1. The molecular formula is C23H31N3O4. The Labute approximate surface area is 178 Å². The second-order valence-electron chi connectivity index (χ2n) is 7.35. The molecule has 0 radical (unpaired) electrons. The molecule has 0 spiro atoms. The molecule has 0 aliphatic carbocycles. The van der Waals surface area contributed by atoms with E-state index in [1.165, 1.54) is 5.56 Å². The number of nitrogens with one attached hydrogen (secondary N) is 1. The van der Waals surface area contributed by atoms with E-state index in [9.17, 15) is 4.79 Å². The topological polar surface area (TPSA) is 63.3 Å². The lowest BCUT2D eigenvalue weighted by Crippen LogP contribution is -2.49. The number of hydrogen-bond donors (Lipinski definition) is 1. The highest BCUT2D eigenvalue weighted by atomic mass is 16.5. The zero-order chi connectivity index (χ0) is 21.3. The summed E-state index contributed by atoms with van der Waals surface area (Å²) in [5.41, 5.74) is 2.22. The van der Waals surface area contributed by atoms with Crippen LogP contribution in [0.5, 0.6) is 17.2 Å². The van der Waals surface area contributed by atoms with Crippen molar-refractivity contribution in [2.24, 2.45) is 0 Å². The van der Waals surface area contributed by atoms with Gasteiger partial charge in [-0.05, 0) is 23.3 Å². The Kier molecular flexibility index (Phi) is 7.93. The van der Waals surface area contributed by atoms with Crippen LogP contribution in [0, 0.1) is 0 Å². The zero-order valence-corrected chi connectivity index (χ0v) is 18.0. The van der Waals surface area contributed by atoms with E-state index in [4.69, 9.17) is 14.2 Å². The van der Waals surface area contributed by atoms with Gasteiger partial charge in [-0.1, -0.05) is 30.3 Å². The molecule has 3 rings (SSSR count). The summed E-state index contributed by atoms with van der Waals surface area (Å²) in [6.07, 6.45) is 0. The summed E-state index contributed by atoms with van der Waals surface area (Å²) in [4.78, 5) is 17.1. The molecular weight excluding hydrogens is 382 g/mol. The molecule has 2 aromatic carbocycles. The number of ether oxygens (including phenoxy) is 3. The van der Waals surface area contributed by atoms with Gasteiger partial charge in [0.2, 0.25) is 11.7 Å². The molecule has 1 heterocycles. The number of benzene rings is 2. The standard InChI is InChI=1S/C23H31N3O4/c1-28-20-13-19(14-21(29-2)23(20)30-3)15-24-22(27)17-26-11-9-25(10-12-26)16-18-7-5-4-6-8-18/h4-8,13-14H,9-12,15-17H2,1-3H3,(H,24,27). The van der Waals surface area contributed by atoms with Gasteiger partial charge in [-0.3, -0.25) is 14.6 Å². The fourth-order valence-electron chi connectivity index (χ4n) is 3.64. The minimum absolute atomic E-state index is 0.0141. The van der Waals surface area contributed by atoms with Crippen molar-refractivity contribution < 1.29 is 19.0 Å². The molecule has 2 aromatic rings. The lowest BCUT2D eigenvalue weighted by atomic mass is 10.1. The van der Waals surface area contributed by atoms with Gasteiger partial charge in [0.25, 0.3) is 0 Å². The van der Waals surface area contributed by atoms with Crippen molar-refractivity contribution in [2.75, 3.05) is 54.1 Å². The van der Waals surface area contributed by atoms with Gasteiger partial charge in [0.15, 0.2) is 11.5 Å². The smallest absolute Gasteiger partial charge is 0.234 e. The van der Waals surface area contributed by atoms with Crippen molar-refractivity contribution in [1.29, 1.82) is 0 Å². The molecule has 7 nitrogen and oxygen atoms in total. The van der Waals surface area contributed by atoms with E-state index in [1.807, 2.05) is 18.2 Å². The van der Waals surface area contributed by atoms with Crippen molar-refractivity contribution in [1.82, 2.24) is 15.1 Å². The summed E-state index contributed by atoms with van der Waals surface area (Å²) < 4.78 is 16.1. The van der Waals surface area contributed by atoms with Crippen molar-refractivity contribution in [2.45, 2.75) is 13.1 Å². The van der Waals surface area contributed by atoms with Crippen molar-refractivity contribution in [3.05, 3.63) is 53.6 Å². The van der Waals surface area contributed by atoms with Gasteiger partial charge in [-0.2, -0.15) is 0 Å². The maximum Gasteiger partial charge on any atom is 0.234 e. The molecule has 0 atom stereocenters. The Balaban J connectivity index is 1.45. The first-order chi connectivity index (χ1) is 14.6. The van der Waals surface area contributed by atoms with Crippen LogP contribution in [0.3, 0.4) is 0 Å². The van der Waals surface area contributed by atoms with Gasteiger partial charge in [-0.25, -0.2) is 0 Å². The third kappa shape index (κ3) is 5.87. The highest BCUT2D eigenvalue weighted by molar-refractivity contribution is 5.78. The lowest BCUT2D eigenvalue weighted by Gasteiger charge is -2.34. The quantitative estimate of drug-likeness (QED) is 0.680. The van der Waals surface area contributed by atoms with E-state index in [0.29, 0.717) is 30.3 Å². The van der Waals surface area contributed by atoms with Crippen LogP contribution in [-0.4, -0.2) is 69.8 Å². The van der Waals surface area contributed by atoms with Crippen LogP contribution in [0.25, 0.3) is 0 Å². The van der Waals surface area contributed by atoms with Crippen LogP contribution in [0.4, 0.5) is 0 Å². The van der Waals surface area contributed by atoms with E-state index < -0.39 is 0 Å². The summed E-state index contributed by atoms with van der Waals surface area (Å²) >= 11 is 0. The van der Waals surface area contributed by atoms with Gasteiger partial charge < -0.3 is 19.5 Å². The van der Waals surface area contributed by atoms with Crippen molar-refractivity contribution in [3.63, 3.8) is 0 Å². The molecule has 1 fully saturated rings. The highest BCUT2D eigenvalue weighted by Crippen LogP contribution is 2.38. The maximum atomic E-state index is 12.4. The van der Waals surface area contributed by atoms with Gasteiger partial charge in [-0.15, -0.1) is 0 Å². The Morgan fingerprint density at radius 2 is 1.47 bits per heavy atom. The fraction of sp³-hybridized carbons (Fsp3) is 0.435. The average molecular weight is 414 g/mol. The first-order valence-corrected chi connectivity index (χ1v) is 10.2. The molecule has 1 amide bonds. The summed E-state index contributed by atoms with van der Waals surface area (Å²) in [7, 11) is 4.73. The molecule has 162 valence electrons. The van der Waals surface area contributed by atoms with E-state index in [-0.39, 0.29) is 5.91 Å². The zero-order valence-electron chi connectivity index (χ0n) is 18.0. The first kappa shape index (κ1) is 21.9. The Morgan fingerprint density at radius 1 is 0.867 bits per heavy atom. The molecule has 0 bridgehead atoms. The number of nitrogens with zero attached hydrogens (tertiary/aromatic N) is 2. The van der Waals surface area contributed by atoms with Gasteiger partial charge in [0.05, 0.1) is 27.9 Å². The average Bonchev–Trinajstić information content (AvgIpc) is 2.78. The Hall–Kier alpha value is -2.77. The van der Waals surface area contributed by atoms with Crippen LogP contribution < -0.4 is 19.5 Å². The number of amides is 1. The van der Waals surface area contributed by atoms with Gasteiger partial charge >= 0.3 is 0 Å². The number of piperazine rings is 1. The van der Waals surface area contributed by atoms with E-state index >= 15 is 0 Å². The van der Waals surface area contributed by atoms with Crippen LogP contribution in [0.1, 0.15) is 11.1 Å². The van der Waals surface area contributed by atoms with Crippen molar-refractivity contribution in [3.8, 4) is 17.2 Å². The molecule has 1 N–H and O–H groups in total. The largest absolute Gasteiger partial charge is 0.493 e. The third-order valence-electron chi connectivity index (χ3n) is 5.30. The highest BCUT2D eigenvalue weighted by Gasteiger charge is 2.19. The summed E-state index contributed by atoms with van der Waals surface area (Å²) in [6, 6.07) is 14.2. The predicted octanol–water partition coefficient (Wildman–Crippen LogP) is 2.15. The SMILES string of the molecule is COc1cc(CNC(=O)CN2CCN(Cc3ccccc3)CC2)cc(OC)c1OC. The number of carbonyl (C=O) groups is 1. The monoisotopic (exact) mass is 413 g/mol. The second kappa shape index (κ2) is 10.8. The molecule has 0 aromatic heterocycles. The summed E-state index contributed by atoms with van der Waals surface area (Å²) in [6.45, 7) is 5.49. The van der Waals surface area contributed by atoms with E-state index in [0.717, 1.165) is 38.3 Å². The fourth-order valence-corrected chi connectivity index (χ4v) is 3.64. The molecule has 7 heteroatoms. The molecule has 0 unspecified atom stereocenters. The van der Waals surface area contributed by atoms with Crippen LogP contribution >= 0.6 is 0 Å². The normalized spacial score (nSPS) is 14.9. The second-order valence-corrected chi connectivity index (χ2v) is 7.35. The Morgan fingerprint density at radius 3 is 2.03 bits per heavy atom. The van der Waals surface area contributed by atoms with E-state index in [1.54, 1.807) is 21.3 Å². The van der Waals surface area contributed by atoms with Crippen LogP contribution in [0.2, 0.25) is 0 Å². The lowest BCUT2D eigenvalue weighted by molar-refractivity contribution is -0.122. The molecule has 1 aliphatic heterocycles. The molecule has 1 aliphatic rings. The Bertz CT molecular complexity index is 795. The first-order valence-electron chi connectivity index (χ1n) is 10.2. The molecule has 1 saturated heterocycles. The third-order valence-corrected chi connectivity index (χ3v) is 5.30. The number of methoxy groups -OCH3 is 3. The maximum absolute atomic E-state index is 12.4. The van der Waals surface area contributed by atoms with E-state index in [2.05, 4.69) is 39.4 Å². The van der Waals surface area contributed by atoms with Gasteiger partial charge in [0, 0.05) is 39.3 Å². The van der Waals surface area contributed by atoms with Gasteiger partial charge in [0.1, 0.15) is 0 Å².